The minimum Gasteiger partial charge on any atom is -0.484 e. The number of benzene rings is 1. The zero-order valence-corrected chi connectivity index (χ0v) is 11.7. The molecule has 0 N–H and O–H groups in total. The average molecular weight is 302 g/mol. The molecule has 1 unspecified atom stereocenters. The number of halogens is 1. The van der Waals surface area contributed by atoms with Crippen LogP contribution < -0.4 is 4.74 Å². The first-order chi connectivity index (χ1) is 9.66. The predicted molar refractivity (Wildman–Crippen MR) is 73.1 cm³/mol. The van der Waals surface area contributed by atoms with Gasteiger partial charge in [0.2, 0.25) is 0 Å². The third kappa shape index (κ3) is 4.33. The summed E-state index contributed by atoms with van der Waals surface area (Å²) in [5.74, 6) is 0.188. The fourth-order valence-corrected chi connectivity index (χ4v) is 2.10. The molecule has 1 fully saturated rings. The molecule has 1 heterocycles. The maximum atomic E-state index is 10.9. The number of ether oxygens (including phenoxy) is 3. The summed E-state index contributed by atoms with van der Waals surface area (Å²) in [6.45, 7) is 1.26. The van der Waals surface area contributed by atoms with E-state index >= 15 is 0 Å². The summed E-state index contributed by atoms with van der Waals surface area (Å²) >= 11 is 5.72. The van der Waals surface area contributed by atoms with E-state index in [9.17, 15) is 10.1 Å². The number of nitro groups is 1. The van der Waals surface area contributed by atoms with E-state index in [1.165, 1.54) is 12.1 Å². The summed E-state index contributed by atoms with van der Waals surface area (Å²) in [6, 6.07) is 4.30. The molecule has 2 rings (SSSR count). The SMILES string of the molecule is O=[N+]([O-])c1cc(Cl)ccc1OCCOC1CCCCO1. The Morgan fingerprint density at radius 1 is 1.40 bits per heavy atom. The second-order valence-electron chi connectivity index (χ2n) is 4.38. The Balaban J connectivity index is 1.80. The highest BCUT2D eigenvalue weighted by Crippen LogP contribution is 2.29. The largest absolute Gasteiger partial charge is 0.484 e. The Morgan fingerprint density at radius 2 is 2.25 bits per heavy atom. The Morgan fingerprint density at radius 3 is 2.95 bits per heavy atom. The molecule has 6 nitrogen and oxygen atoms in total. The van der Waals surface area contributed by atoms with Crippen molar-refractivity contribution in [2.45, 2.75) is 25.6 Å². The molecule has 110 valence electrons. The Kier molecular flexibility index (Phi) is 5.58. The predicted octanol–water partition coefficient (Wildman–Crippen LogP) is 3.17. The smallest absolute Gasteiger partial charge is 0.312 e. The van der Waals surface area contributed by atoms with E-state index in [0.29, 0.717) is 18.2 Å². The summed E-state index contributed by atoms with van der Waals surface area (Å²) in [4.78, 5) is 10.3. The van der Waals surface area contributed by atoms with Gasteiger partial charge in [-0.2, -0.15) is 0 Å². The van der Waals surface area contributed by atoms with Crippen LogP contribution in [0.25, 0.3) is 0 Å². The Hall–Kier alpha value is -1.37. The quantitative estimate of drug-likeness (QED) is 0.458. The topological polar surface area (TPSA) is 70.8 Å². The van der Waals surface area contributed by atoms with Crippen molar-refractivity contribution in [3.05, 3.63) is 33.3 Å². The first kappa shape index (κ1) is 15.0. The van der Waals surface area contributed by atoms with E-state index in [-0.39, 0.29) is 24.3 Å². The highest BCUT2D eigenvalue weighted by atomic mass is 35.5. The molecule has 1 saturated heterocycles. The fraction of sp³-hybridized carbons (Fsp3) is 0.538. The van der Waals surface area contributed by atoms with Crippen molar-refractivity contribution in [3.8, 4) is 5.75 Å². The summed E-state index contributed by atoms with van der Waals surface area (Å²) < 4.78 is 16.3. The van der Waals surface area contributed by atoms with Gasteiger partial charge in [-0.1, -0.05) is 11.6 Å². The molecule has 0 saturated carbocycles. The monoisotopic (exact) mass is 301 g/mol. The Labute approximate surface area is 121 Å². The van der Waals surface area contributed by atoms with Crippen LogP contribution >= 0.6 is 11.6 Å². The van der Waals surface area contributed by atoms with Crippen LogP contribution in [0.3, 0.4) is 0 Å². The van der Waals surface area contributed by atoms with Crippen molar-refractivity contribution in [2.75, 3.05) is 19.8 Å². The lowest BCUT2D eigenvalue weighted by atomic mass is 10.2. The standard InChI is InChI=1S/C13H16ClNO5/c14-10-4-5-12(11(9-10)15(16)17)18-7-8-20-13-3-1-2-6-19-13/h4-5,9,13H,1-3,6-8H2. The van der Waals surface area contributed by atoms with Crippen molar-refractivity contribution in [1.82, 2.24) is 0 Å². The average Bonchev–Trinajstić information content (AvgIpc) is 2.45. The summed E-state index contributed by atoms with van der Waals surface area (Å²) in [6.07, 6.45) is 2.84. The molecule has 7 heteroatoms. The van der Waals surface area contributed by atoms with Gasteiger partial charge < -0.3 is 14.2 Å². The molecule has 1 aliphatic rings. The van der Waals surface area contributed by atoms with Gasteiger partial charge in [-0.3, -0.25) is 10.1 Å². The molecule has 1 aromatic rings. The van der Waals surface area contributed by atoms with Gasteiger partial charge in [0.25, 0.3) is 0 Å². The summed E-state index contributed by atoms with van der Waals surface area (Å²) in [7, 11) is 0. The first-order valence-electron chi connectivity index (χ1n) is 6.47. The molecule has 0 spiro atoms. The lowest BCUT2D eigenvalue weighted by Gasteiger charge is -2.22. The number of hydrogen-bond donors (Lipinski definition) is 0. The van der Waals surface area contributed by atoms with Gasteiger partial charge >= 0.3 is 5.69 Å². The Bertz CT molecular complexity index is 462. The van der Waals surface area contributed by atoms with Crippen LogP contribution in [0, 0.1) is 10.1 Å². The number of hydrogen-bond acceptors (Lipinski definition) is 5. The van der Waals surface area contributed by atoms with E-state index in [2.05, 4.69) is 0 Å². The van der Waals surface area contributed by atoms with Crippen molar-refractivity contribution >= 4 is 17.3 Å². The van der Waals surface area contributed by atoms with E-state index in [0.717, 1.165) is 19.3 Å². The van der Waals surface area contributed by atoms with Crippen molar-refractivity contribution in [3.63, 3.8) is 0 Å². The minimum atomic E-state index is -0.522. The maximum Gasteiger partial charge on any atom is 0.312 e. The zero-order chi connectivity index (χ0) is 14.4. The maximum absolute atomic E-state index is 10.9. The zero-order valence-electron chi connectivity index (χ0n) is 10.9. The molecule has 0 bridgehead atoms. The highest BCUT2D eigenvalue weighted by molar-refractivity contribution is 6.30. The molecule has 0 aliphatic carbocycles. The number of nitro benzene ring substituents is 1. The number of rotatable bonds is 6. The van der Waals surface area contributed by atoms with Crippen LogP contribution in [-0.2, 0) is 9.47 Å². The third-order valence-corrected chi connectivity index (χ3v) is 3.14. The van der Waals surface area contributed by atoms with E-state index in [1.54, 1.807) is 6.07 Å². The van der Waals surface area contributed by atoms with Crippen molar-refractivity contribution < 1.29 is 19.1 Å². The van der Waals surface area contributed by atoms with Crippen LogP contribution in [-0.4, -0.2) is 31.0 Å². The van der Waals surface area contributed by atoms with Crippen LogP contribution in [0.1, 0.15) is 19.3 Å². The van der Waals surface area contributed by atoms with Gasteiger partial charge in [0, 0.05) is 17.7 Å². The number of nitrogens with zero attached hydrogens (tertiary/aromatic N) is 1. The lowest BCUT2D eigenvalue weighted by molar-refractivity contribution is -0.385. The van der Waals surface area contributed by atoms with Gasteiger partial charge in [-0.25, -0.2) is 0 Å². The third-order valence-electron chi connectivity index (χ3n) is 2.90. The van der Waals surface area contributed by atoms with Gasteiger partial charge in [0.05, 0.1) is 11.5 Å². The minimum absolute atomic E-state index is 0.147. The van der Waals surface area contributed by atoms with Crippen molar-refractivity contribution in [2.24, 2.45) is 0 Å². The van der Waals surface area contributed by atoms with Crippen LogP contribution in [0.4, 0.5) is 5.69 Å². The van der Waals surface area contributed by atoms with Crippen LogP contribution in [0.5, 0.6) is 5.75 Å². The molecule has 0 aromatic heterocycles. The summed E-state index contributed by atoms with van der Waals surface area (Å²) in [5.41, 5.74) is -0.147. The second-order valence-corrected chi connectivity index (χ2v) is 4.82. The van der Waals surface area contributed by atoms with E-state index in [4.69, 9.17) is 25.8 Å². The van der Waals surface area contributed by atoms with Gasteiger partial charge in [0.15, 0.2) is 12.0 Å². The molecular weight excluding hydrogens is 286 g/mol. The second kappa shape index (κ2) is 7.42. The van der Waals surface area contributed by atoms with Gasteiger partial charge in [-0.15, -0.1) is 0 Å². The molecular formula is C13H16ClNO5. The van der Waals surface area contributed by atoms with Gasteiger partial charge in [0.1, 0.15) is 6.61 Å². The van der Waals surface area contributed by atoms with E-state index < -0.39 is 4.92 Å². The highest BCUT2D eigenvalue weighted by Gasteiger charge is 2.17. The molecule has 0 radical (unpaired) electrons. The lowest BCUT2D eigenvalue weighted by Crippen LogP contribution is -2.24. The molecule has 1 aliphatic heterocycles. The molecule has 1 atom stereocenters. The normalized spacial score (nSPS) is 18.8. The van der Waals surface area contributed by atoms with Gasteiger partial charge in [-0.05, 0) is 31.4 Å². The molecule has 20 heavy (non-hydrogen) atoms. The fourth-order valence-electron chi connectivity index (χ4n) is 1.93. The molecule has 1 aromatic carbocycles. The first-order valence-corrected chi connectivity index (χ1v) is 6.84. The van der Waals surface area contributed by atoms with Crippen LogP contribution in [0.15, 0.2) is 18.2 Å². The van der Waals surface area contributed by atoms with E-state index in [1.807, 2.05) is 0 Å². The summed E-state index contributed by atoms with van der Waals surface area (Å²) in [5, 5.41) is 11.2. The molecule has 0 amide bonds. The van der Waals surface area contributed by atoms with Crippen molar-refractivity contribution in [1.29, 1.82) is 0 Å². The van der Waals surface area contributed by atoms with Crippen LogP contribution in [0.2, 0.25) is 5.02 Å².